The second-order valence-corrected chi connectivity index (χ2v) is 8.26. The Kier molecular flexibility index (Phi) is 6.38. The third-order valence-electron chi connectivity index (χ3n) is 4.45. The summed E-state index contributed by atoms with van der Waals surface area (Å²) >= 11 is 7.33. The molecular formula is C22H17ClFN5O2S. The number of carbonyl (C=O) groups excluding carboxylic acids is 2. The van der Waals surface area contributed by atoms with Gasteiger partial charge in [-0.2, -0.15) is 0 Å². The van der Waals surface area contributed by atoms with Gasteiger partial charge in [-0.3, -0.25) is 14.0 Å². The summed E-state index contributed by atoms with van der Waals surface area (Å²) in [7, 11) is 0. The van der Waals surface area contributed by atoms with Crippen molar-refractivity contribution in [2.45, 2.75) is 12.1 Å². The van der Waals surface area contributed by atoms with Gasteiger partial charge in [0.1, 0.15) is 5.82 Å². The van der Waals surface area contributed by atoms with Crippen LogP contribution in [0.3, 0.4) is 0 Å². The molecule has 0 radical (unpaired) electrons. The maximum absolute atomic E-state index is 13.4. The topological polar surface area (TPSA) is 88.4 Å². The number of nitrogens with one attached hydrogen (secondary N) is 2. The normalized spacial score (nSPS) is 10.8. The van der Waals surface area contributed by atoms with Crippen molar-refractivity contribution >= 4 is 52.2 Å². The van der Waals surface area contributed by atoms with E-state index in [-0.39, 0.29) is 11.7 Å². The van der Waals surface area contributed by atoms with Gasteiger partial charge < -0.3 is 10.6 Å². The minimum Gasteiger partial charge on any atom is -0.324 e. The highest BCUT2D eigenvalue weighted by Crippen LogP contribution is 2.24. The second kappa shape index (κ2) is 9.37. The van der Waals surface area contributed by atoms with E-state index >= 15 is 0 Å². The number of rotatable bonds is 6. The third-order valence-corrected chi connectivity index (χ3v) is 5.70. The molecule has 0 fully saturated rings. The van der Waals surface area contributed by atoms with Crippen LogP contribution in [0.2, 0.25) is 5.02 Å². The quantitative estimate of drug-likeness (QED) is 0.395. The Morgan fingerprint density at radius 3 is 2.72 bits per heavy atom. The van der Waals surface area contributed by atoms with E-state index in [9.17, 15) is 14.0 Å². The molecular weight excluding hydrogens is 453 g/mol. The monoisotopic (exact) mass is 469 g/mol. The Labute approximate surface area is 192 Å². The van der Waals surface area contributed by atoms with Gasteiger partial charge in [0.15, 0.2) is 10.8 Å². The molecule has 10 heteroatoms. The number of anilines is 2. The van der Waals surface area contributed by atoms with Gasteiger partial charge in [-0.25, -0.2) is 4.39 Å². The number of halogens is 2. The predicted octanol–water partition coefficient (Wildman–Crippen LogP) is 4.81. The number of aromatic nitrogens is 3. The second-order valence-electron chi connectivity index (χ2n) is 6.91. The predicted molar refractivity (Wildman–Crippen MR) is 123 cm³/mol. The number of nitrogens with zero attached hydrogens (tertiary/aromatic N) is 3. The summed E-state index contributed by atoms with van der Waals surface area (Å²) in [6.45, 7) is 1.91. The third kappa shape index (κ3) is 5.06. The fourth-order valence-electron chi connectivity index (χ4n) is 2.91. The van der Waals surface area contributed by atoms with Gasteiger partial charge in [-0.1, -0.05) is 35.5 Å². The van der Waals surface area contributed by atoms with Crippen LogP contribution in [0.1, 0.15) is 15.9 Å². The zero-order valence-electron chi connectivity index (χ0n) is 16.8. The van der Waals surface area contributed by atoms with Crippen LogP contribution in [0, 0.1) is 12.7 Å². The molecule has 2 heterocycles. The molecule has 2 aromatic heterocycles. The minimum absolute atomic E-state index is 0.0741. The van der Waals surface area contributed by atoms with E-state index in [4.69, 9.17) is 11.6 Å². The molecule has 0 aliphatic carbocycles. The van der Waals surface area contributed by atoms with Crippen molar-refractivity contribution in [1.82, 2.24) is 14.6 Å². The Hall–Kier alpha value is -3.43. The number of thioether (sulfide) groups is 1. The van der Waals surface area contributed by atoms with Gasteiger partial charge in [0, 0.05) is 11.9 Å². The molecule has 162 valence electrons. The fourth-order valence-corrected chi connectivity index (χ4v) is 3.91. The summed E-state index contributed by atoms with van der Waals surface area (Å²) in [5, 5.41) is 14.5. The Balaban J connectivity index is 1.45. The summed E-state index contributed by atoms with van der Waals surface area (Å²) in [5.41, 5.74) is 2.73. The molecule has 0 aliphatic rings. The van der Waals surface area contributed by atoms with Gasteiger partial charge in [0.2, 0.25) is 5.91 Å². The Morgan fingerprint density at radius 2 is 1.94 bits per heavy atom. The maximum Gasteiger partial charge on any atom is 0.257 e. The van der Waals surface area contributed by atoms with Crippen LogP contribution in [0.25, 0.3) is 5.65 Å². The summed E-state index contributed by atoms with van der Waals surface area (Å²) in [4.78, 5) is 24.9. The Morgan fingerprint density at radius 1 is 1.09 bits per heavy atom. The van der Waals surface area contributed by atoms with Gasteiger partial charge in [-0.15, -0.1) is 10.2 Å². The van der Waals surface area contributed by atoms with Crippen molar-refractivity contribution in [2.24, 2.45) is 0 Å². The van der Waals surface area contributed by atoms with Gasteiger partial charge in [-0.05, 0) is 55.0 Å². The molecule has 2 aromatic carbocycles. The maximum atomic E-state index is 13.4. The number of hydrogen-bond acceptors (Lipinski definition) is 5. The lowest BCUT2D eigenvalue weighted by Crippen LogP contribution is -2.15. The zero-order valence-corrected chi connectivity index (χ0v) is 18.4. The van der Waals surface area contributed by atoms with Crippen molar-refractivity contribution in [1.29, 1.82) is 0 Å². The summed E-state index contributed by atoms with van der Waals surface area (Å²) < 4.78 is 15.0. The molecule has 0 spiro atoms. The van der Waals surface area contributed by atoms with Crippen LogP contribution in [0.15, 0.2) is 66.0 Å². The lowest BCUT2D eigenvalue weighted by atomic mass is 10.2. The first-order valence-electron chi connectivity index (χ1n) is 9.49. The van der Waals surface area contributed by atoms with E-state index in [0.29, 0.717) is 32.8 Å². The largest absolute Gasteiger partial charge is 0.324 e. The standard InChI is InChI=1S/C22H17ClFN5O2S/c1-13-5-7-18(17(23)9-13)26-20(30)12-32-22-28-27-19-8-6-14(11-29(19)22)21(31)25-16-4-2-3-15(24)10-16/h2-11H,12H2,1H3,(H,25,31)(H,26,30). The van der Waals surface area contributed by atoms with E-state index in [2.05, 4.69) is 20.8 Å². The van der Waals surface area contributed by atoms with Gasteiger partial charge in [0.05, 0.1) is 22.0 Å². The lowest BCUT2D eigenvalue weighted by molar-refractivity contribution is -0.113. The highest BCUT2D eigenvalue weighted by molar-refractivity contribution is 7.99. The number of amides is 2. The highest BCUT2D eigenvalue weighted by atomic mass is 35.5. The van der Waals surface area contributed by atoms with Crippen molar-refractivity contribution < 1.29 is 14.0 Å². The molecule has 0 atom stereocenters. The van der Waals surface area contributed by atoms with E-state index in [1.165, 1.54) is 30.0 Å². The SMILES string of the molecule is Cc1ccc(NC(=O)CSc2nnc3ccc(C(=O)Nc4cccc(F)c4)cn23)c(Cl)c1. The molecule has 0 bridgehead atoms. The highest BCUT2D eigenvalue weighted by Gasteiger charge is 2.14. The van der Waals surface area contributed by atoms with Crippen LogP contribution in [0.5, 0.6) is 0 Å². The number of carbonyl (C=O) groups is 2. The summed E-state index contributed by atoms with van der Waals surface area (Å²) in [6, 6.07) is 14.2. The summed E-state index contributed by atoms with van der Waals surface area (Å²) in [5.74, 6) is -1.03. The summed E-state index contributed by atoms with van der Waals surface area (Å²) in [6.07, 6.45) is 1.57. The van der Waals surface area contributed by atoms with Crippen molar-refractivity contribution in [2.75, 3.05) is 16.4 Å². The van der Waals surface area contributed by atoms with E-state index in [1.54, 1.807) is 40.9 Å². The number of benzene rings is 2. The molecule has 0 saturated carbocycles. The number of pyridine rings is 1. The average Bonchev–Trinajstić information content (AvgIpc) is 3.16. The number of fused-ring (bicyclic) bond motifs is 1. The smallest absolute Gasteiger partial charge is 0.257 e. The van der Waals surface area contributed by atoms with Crippen LogP contribution in [0.4, 0.5) is 15.8 Å². The zero-order chi connectivity index (χ0) is 22.7. The van der Waals surface area contributed by atoms with Crippen LogP contribution < -0.4 is 10.6 Å². The molecule has 4 rings (SSSR count). The van der Waals surface area contributed by atoms with Crippen molar-refractivity contribution in [3.8, 4) is 0 Å². The molecule has 32 heavy (non-hydrogen) atoms. The number of aryl methyl sites for hydroxylation is 1. The molecule has 0 saturated heterocycles. The van der Waals surface area contributed by atoms with Crippen LogP contribution >= 0.6 is 23.4 Å². The molecule has 4 aromatic rings. The first-order chi connectivity index (χ1) is 15.4. The first kappa shape index (κ1) is 21.8. The van der Waals surface area contributed by atoms with E-state index in [0.717, 1.165) is 5.56 Å². The van der Waals surface area contributed by atoms with Crippen molar-refractivity contribution in [3.05, 3.63) is 82.8 Å². The molecule has 2 N–H and O–H groups in total. The van der Waals surface area contributed by atoms with Crippen molar-refractivity contribution in [3.63, 3.8) is 0 Å². The fraction of sp³-hybridized carbons (Fsp3) is 0.0909. The minimum atomic E-state index is -0.444. The van der Waals surface area contributed by atoms with Gasteiger partial charge >= 0.3 is 0 Å². The molecule has 0 aliphatic heterocycles. The number of hydrogen-bond donors (Lipinski definition) is 2. The lowest BCUT2D eigenvalue weighted by Gasteiger charge is -2.08. The van der Waals surface area contributed by atoms with Gasteiger partial charge in [0.25, 0.3) is 5.91 Å². The molecule has 7 nitrogen and oxygen atoms in total. The average molecular weight is 470 g/mol. The van der Waals surface area contributed by atoms with Crippen LogP contribution in [-0.2, 0) is 4.79 Å². The van der Waals surface area contributed by atoms with E-state index in [1.807, 2.05) is 13.0 Å². The van der Waals surface area contributed by atoms with E-state index < -0.39 is 11.7 Å². The van der Waals surface area contributed by atoms with Crippen LogP contribution in [-0.4, -0.2) is 32.2 Å². The Bertz CT molecular complexity index is 1330. The molecule has 2 amide bonds. The first-order valence-corrected chi connectivity index (χ1v) is 10.9. The molecule has 0 unspecified atom stereocenters.